The average Bonchev–Trinajstić information content (AvgIpc) is 3.43. The van der Waals surface area contributed by atoms with Crippen LogP contribution in [0.2, 0.25) is 0 Å². The molecular formula is C61H39N7. The first-order chi connectivity index (χ1) is 33.6. The van der Waals surface area contributed by atoms with Gasteiger partial charge in [0.05, 0.1) is 11.6 Å². The smallest absolute Gasteiger partial charge is 0.164 e. The summed E-state index contributed by atoms with van der Waals surface area (Å²) < 4.78 is 0. The van der Waals surface area contributed by atoms with Crippen molar-refractivity contribution < 1.29 is 0 Å². The first kappa shape index (κ1) is 41.2. The van der Waals surface area contributed by atoms with Crippen LogP contribution >= 0.6 is 0 Å². The van der Waals surface area contributed by atoms with Crippen molar-refractivity contribution in [1.29, 1.82) is 5.26 Å². The SMILES string of the molecule is N#Cc1ccccc1-c1ccc(-c2cccc(-c3nc(-c4ccccc4)nc(-c4ccccc4)n3)c2)c(-c2ccccc2-c2ccc(-c3nc(-c4ccccc4)nc(-c4ccccc4)n3)cc2)c1. The minimum atomic E-state index is 0.575. The molecule has 0 aliphatic heterocycles. The monoisotopic (exact) mass is 869 g/mol. The fourth-order valence-electron chi connectivity index (χ4n) is 8.49. The quantitative estimate of drug-likeness (QED) is 0.135. The van der Waals surface area contributed by atoms with E-state index in [-0.39, 0.29) is 0 Å². The first-order valence-electron chi connectivity index (χ1n) is 22.3. The van der Waals surface area contributed by atoms with E-state index >= 15 is 0 Å². The van der Waals surface area contributed by atoms with E-state index in [2.05, 4.69) is 91.0 Å². The number of benzene rings is 9. The number of aromatic nitrogens is 6. The van der Waals surface area contributed by atoms with Gasteiger partial charge in [-0.1, -0.05) is 218 Å². The van der Waals surface area contributed by atoms with Crippen molar-refractivity contribution in [2.24, 2.45) is 0 Å². The summed E-state index contributed by atoms with van der Waals surface area (Å²) in [6.45, 7) is 0. The van der Waals surface area contributed by atoms with E-state index in [0.29, 0.717) is 40.5 Å². The number of hydrogen-bond acceptors (Lipinski definition) is 7. The highest BCUT2D eigenvalue weighted by Crippen LogP contribution is 2.42. The molecule has 0 bridgehead atoms. The van der Waals surface area contributed by atoms with E-state index in [1.165, 1.54) is 0 Å². The van der Waals surface area contributed by atoms with Crippen molar-refractivity contribution >= 4 is 0 Å². The maximum atomic E-state index is 10.2. The van der Waals surface area contributed by atoms with Crippen LogP contribution < -0.4 is 0 Å². The minimum absolute atomic E-state index is 0.575. The van der Waals surface area contributed by atoms with Crippen LogP contribution in [0.4, 0.5) is 0 Å². The third-order valence-electron chi connectivity index (χ3n) is 11.9. The summed E-state index contributed by atoms with van der Waals surface area (Å²) in [6.07, 6.45) is 0. The van der Waals surface area contributed by atoms with Gasteiger partial charge in [-0.05, 0) is 62.7 Å². The fraction of sp³-hybridized carbons (Fsp3) is 0. The van der Waals surface area contributed by atoms with Gasteiger partial charge in [-0.2, -0.15) is 5.26 Å². The van der Waals surface area contributed by atoms with Gasteiger partial charge in [0.2, 0.25) is 0 Å². The molecular weight excluding hydrogens is 831 g/mol. The summed E-state index contributed by atoms with van der Waals surface area (Å²) in [5, 5.41) is 10.2. The number of rotatable bonds is 10. The zero-order valence-electron chi connectivity index (χ0n) is 36.6. The van der Waals surface area contributed by atoms with E-state index in [4.69, 9.17) is 29.9 Å². The van der Waals surface area contributed by atoms with Gasteiger partial charge in [0.15, 0.2) is 34.9 Å². The molecule has 0 N–H and O–H groups in total. The largest absolute Gasteiger partial charge is 0.208 e. The summed E-state index contributed by atoms with van der Waals surface area (Å²) in [6, 6.07) is 81.9. The van der Waals surface area contributed by atoms with E-state index in [0.717, 1.165) is 77.9 Å². The van der Waals surface area contributed by atoms with E-state index in [1.807, 2.05) is 152 Å². The highest BCUT2D eigenvalue weighted by molar-refractivity contribution is 5.95. The van der Waals surface area contributed by atoms with Crippen LogP contribution in [0.3, 0.4) is 0 Å². The van der Waals surface area contributed by atoms with Crippen LogP contribution in [0.1, 0.15) is 5.56 Å². The molecule has 7 heteroatoms. The Hall–Kier alpha value is -9.51. The molecule has 0 atom stereocenters. The molecule has 68 heavy (non-hydrogen) atoms. The Bertz CT molecular complexity index is 3500. The Kier molecular flexibility index (Phi) is 11.2. The van der Waals surface area contributed by atoms with Crippen molar-refractivity contribution in [1.82, 2.24) is 29.9 Å². The van der Waals surface area contributed by atoms with E-state index in [1.54, 1.807) is 0 Å². The second-order valence-electron chi connectivity index (χ2n) is 16.2. The van der Waals surface area contributed by atoms with Gasteiger partial charge in [0.25, 0.3) is 0 Å². The molecule has 2 aromatic heterocycles. The zero-order chi connectivity index (χ0) is 45.7. The zero-order valence-corrected chi connectivity index (χ0v) is 36.6. The summed E-state index contributed by atoms with van der Waals surface area (Å²) in [5.41, 5.74) is 13.9. The Balaban J connectivity index is 1.03. The lowest BCUT2D eigenvalue weighted by Crippen LogP contribution is -2.00. The molecule has 2 heterocycles. The second kappa shape index (κ2) is 18.5. The van der Waals surface area contributed by atoms with Gasteiger partial charge in [0.1, 0.15) is 0 Å². The highest BCUT2D eigenvalue weighted by Gasteiger charge is 2.19. The standard InChI is InChI=1S/C61H39N7/c62-40-50-26-13-14-29-51(50)48-36-37-53(47-27-17-28-49(38-47)61-67-58(44-22-9-3-10-23-44)64-59(68-61)45-24-11-4-12-25-45)55(39-48)54-31-16-15-30-52(54)41-32-34-46(35-33-41)60-65-56(42-18-5-1-6-19-42)63-57(66-60)43-20-7-2-8-21-43/h1-39H. The lowest BCUT2D eigenvalue weighted by atomic mass is 9.86. The van der Waals surface area contributed by atoms with Crippen molar-refractivity contribution in [3.05, 3.63) is 242 Å². The lowest BCUT2D eigenvalue weighted by Gasteiger charge is -2.18. The van der Waals surface area contributed by atoms with Gasteiger partial charge in [0, 0.05) is 33.4 Å². The van der Waals surface area contributed by atoms with Gasteiger partial charge in [-0.3, -0.25) is 0 Å². The number of hydrogen-bond donors (Lipinski definition) is 0. The Morgan fingerprint density at radius 1 is 0.221 bits per heavy atom. The van der Waals surface area contributed by atoms with E-state index in [9.17, 15) is 5.26 Å². The van der Waals surface area contributed by atoms with Crippen molar-refractivity contribution in [3.8, 4) is 119 Å². The van der Waals surface area contributed by atoms with Gasteiger partial charge < -0.3 is 0 Å². The fourth-order valence-corrected chi connectivity index (χ4v) is 8.49. The predicted octanol–water partition coefficient (Wildman–Crippen LogP) is 14.6. The molecule has 0 aliphatic rings. The summed E-state index contributed by atoms with van der Waals surface area (Å²) >= 11 is 0. The maximum Gasteiger partial charge on any atom is 0.164 e. The minimum Gasteiger partial charge on any atom is -0.208 e. The van der Waals surface area contributed by atoms with Gasteiger partial charge >= 0.3 is 0 Å². The van der Waals surface area contributed by atoms with Crippen LogP contribution in [0, 0.1) is 11.3 Å². The molecule has 0 radical (unpaired) electrons. The maximum absolute atomic E-state index is 10.2. The van der Waals surface area contributed by atoms with Crippen LogP contribution in [0.25, 0.3) is 113 Å². The van der Waals surface area contributed by atoms with Crippen molar-refractivity contribution in [3.63, 3.8) is 0 Å². The number of nitrogens with zero attached hydrogens (tertiary/aromatic N) is 7. The molecule has 0 spiro atoms. The van der Waals surface area contributed by atoms with Crippen LogP contribution in [-0.4, -0.2) is 29.9 Å². The molecule has 0 aliphatic carbocycles. The normalized spacial score (nSPS) is 10.9. The Morgan fingerprint density at radius 2 is 0.544 bits per heavy atom. The summed E-state index contributed by atoms with van der Waals surface area (Å²) in [5.74, 6) is 3.60. The molecule has 0 saturated heterocycles. The second-order valence-corrected chi connectivity index (χ2v) is 16.2. The van der Waals surface area contributed by atoms with Crippen LogP contribution in [-0.2, 0) is 0 Å². The topological polar surface area (TPSA) is 101 Å². The molecule has 0 fully saturated rings. The molecule has 318 valence electrons. The van der Waals surface area contributed by atoms with Crippen LogP contribution in [0.15, 0.2) is 237 Å². The van der Waals surface area contributed by atoms with Gasteiger partial charge in [-0.25, -0.2) is 29.9 Å². The Morgan fingerprint density at radius 3 is 1.03 bits per heavy atom. The molecule has 11 aromatic rings. The highest BCUT2D eigenvalue weighted by atomic mass is 15.0. The molecule has 0 unspecified atom stereocenters. The molecule has 0 saturated carbocycles. The summed E-state index contributed by atoms with van der Waals surface area (Å²) in [7, 11) is 0. The predicted molar refractivity (Wildman–Crippen MR) is 272 cm³/mol. The summed E-state index contributed by atoms with van der Waals surface area (Å²) in [4.78, 5) is 29.9. The lowest BCUT2D eigenvalue weighted by molar-refractivity contribution is 1.07. The molecule has 7 nitrogen and oxygen atoms in total. The third kappa shape index (κ3) is 8.45. The average molecular weight is 870 g/mol. The molecule has 0 amide bonds. The van der Waals surface area contributed by atoms with Crippen LogP contribution in [0.5, 0.6) is 0 Å². The van der Waals surface area contributed by atoms with Crippen molar-refractivity contribution in [2.75, 3.05) is 0 Å². The van der Waals surface area contributed by atoms with Crippen molar-refractivity contribution in [2.45, 2.75) is 0 Å². The number of nitriles is 1. The first-order valence-corrected chi connectivity index (χ1v) is 22.3. The van der Waals surface area contributed by atoms with E-state index < -0.39 is 0 Å². The Labute approximate surface area is 394 Å². The molecule has 11 rings (SSSR count). The molecule has 9 aromatic carbocycles. The third-order valence-corrected chi connectivity index (χ3v) is 11.9. The van der Waals surface area contributed by atoms with Gasteiger partial charge in [-0.15, -0.1) is 0 Å².